The van der Waals surface area contributed by atoms with Gasteiger partial charge in [-0.15, -0.1) is 11.3 Å². The highest BCUT2D eigenvalue weighted by molar-refractivity contribution is 7.09. The number of likely N-dealkylation sites (N-methyl/N-ethyl adjacent to an activating group) is 1. The van der Waals surface area contributed by atoms with E-state index in [-0.39, 0.29) is 25.0 Å². The van der Waals surface area contributed by atoms with Crippen molar-refractivity contribution < 1.29 is 14.3 Å². The van der Waals surface area contributed by atoms with Gasteiger partial charge in [0.25, 0.3) is 5.91 Å². The number of hydrogen-bond donors (Lipinski definition) is 1. The molecule has 126 valence electrons. The van der Waals surface area contributed by atoms with Crippen LogP contribution in [0.4, 0.5) is 0 Å². The smallest absolute Gasteiger partial charge is 0.259 e. The van der Waals surface area contributed by atoms with Crippen LogP contribution in [0.1, 0.15) is 4.88 Å². The third-order valence-electron chi connectivity index (χ3n) is 4.18. The van der Waals surface area contributed by atoms with Crippen molar-refractivity contribution in [1.29, 1.82) is 0 Å². The zero-order chi connectivity index (χ0) is 16.2. The molecule has 0 spiro atoms. The Balaban J connectivity index is 1.63. The van der Waals surface area contributed by atoms with Gasteiger partial charge in [-0.1, -0.05) is 6.07 Å². The molecule has 3 heterocycles. The summed E-state index contributed by atoms with van der Waals surface area (Å²) < 4.78 is 5.30. The van der Waals surface area contributed by atoms with Gasteiger partial charge >= 0.3 is 0 Å². The molecule has 7 nitrogen and oxygen atoms in total. The van der Waals surface area contributed by atoms with Gasteiger partial charge in [-0.05, 0) is 18.5 Å². The van der Waals surface area contributed by atoms with Gasteiger partial charge in [0.05, 0.1) is 13.2 Å². The third-order valence-corrected chi connectivity index (χ3v) is 5.04. The number of hydrazine groups is 1. The summed E-state index contributed by atoms with van der Waals surface area (Å²) in [5.74, 6) is -0.303. The fourth-order valence-corrected chi connectivity index (χ4v) is 3.44. The summed E-state index contributed by atoms with van der Waals surface area (Å²) in [6.45, 7) is 4.16. The first-order valence-corrected chi connectivity index (χ1v) is 8.65. The predicted molar refractivity (Wildman–Crippen MR) is 86.7 cm³/mol. The van der Waals surface area contributed by atoms with E-state index in [4.69, 9.17) is 4.74 Å². The third kappa shape index (κ3) is 4.08. The molecule has 0 aliphatic carbocycles. The topological polar surface area (TPSA) is 65.1 Å². The van der Waals surface area contributed by atoms with Crippen LogP contribution in [0.5, 0.6) is 0 Å². The van der Waals surface area contributed by atoms with Gasteiger partial charge in [0.2, 0.25) is 5.91 Å². The van der Waals surface area contributed by atoms with Gasteiger partial charge in [0, 0.05) is 31.1 Å². The van der Waals surface area contributed by atoms with E-state index in [1.165, 1.54) is 0 Å². The molecule has 0 bridgehead atoms. The molecule has 1 aromatic rings. The Hall–Kier alpha value is -1.48. The number of thiophene rings is 1. The monoisotopic (exact) mass is 338 g/mol. The maximum atomic E-state index is 12.6. The van der Waals surface area contributed by atoms with Gasteiger partial charge in [0.15, 0.2) is 0 Å². The Bertz CT molecular complexity index is 543. The summed E-state index contributed by atoms with van der Waals surface area (Å²) >= 11 is 1.59. The van der Waals surface area contributed by atoms with Crippen LogP contribution in [0.2, 0.25) is 0 Å². The summed E-state index contributed by atoms with van der Waals surface area (Å²) in [6, 6.07) is 3.35. The number of morpholine rings is 1. The second kappa shape index (κ2) is 7.39. The molecule has 2 amide bonds. The number of hydrogen-bond acceptors (Lipinski definition) is 6. The van der Waals surface area contributed by atoms with Crippen LogP contribution >= 0.6 is 11.3 Å². The van der Waals surface area contributed by atoms with Crippen LogP contribution in [0.3, 0.4) is 0 Å². The average Bonchev–Trinajstić information content (AvgIpc) is 3.04. The van der Waals surface area contributed by atoms with E-state index < -0.39 is 6.04 Å². The number of ether oxygens (including phenoxy) is 1. The zero-order valence-corrected chi connectivity index (χ0v) is 14.1. The Morgan fingerprint density at radius 3 is 2.87 bits per heavy atom. The van der Waals surface area contributed by atoms with Gasteiger partial charge < -0.3 is 14.5 Å². The molecule has 1 N–H and O–H groups in total. The fraction of sp³-hybridized carbons (Fsp3) is 0.600. The lowest BCUT2D eigenvalue weighted by Gasteiger charge is -2.37. The molecule has 0 saturated carbocycles. The van der Waals surface area contributed by atoms with Crippen LogP contribution in [-0.2, 0) is 20.9 Å². The van der Waals surface area contributed by atoms with Gasteiger partial charge in [-0.2, -0.15) is 0 Å². The number of amides is 2. The lowest BCUT2D eigenvalue weighted by molar-refractivity contribution is -0.157. The molecule has 1 atom stereocenters. The minimum absolute atomic E-state index is 0.0453. The molecule has 2 aliphatic rings. The second-order valence-corrected chi connectivity index (χ2v) is 6.93. The molecule has 0 unspecified atom stereocenters. The van der Waals surface area contributed by atoms with Crippen molar-refractivity contribution in [3.8, 4) is 0 Å². The molecule has 2 fully saturated rings. The summed E-state index contributed by atoms with van der Waals surface area (Å²) in [5, 5.41) is 3.89. The quantitative estimate of drug-likeness (QED) is 0.820. The molecule has 23 heavy (non-hydrogen) atoms. The number of nitrogens with one attached hydrogen (secondary N) is 1. The molecule has 1 aromatic heterocycles. The highest BCUT2D eigenvalue weighted by Gasteiger charge is 2.35. The van der Waals surface area contributed by atoms with E-state index in [1.54, 1.807) is 16.2 Å². The normalized spacial score (nSPS) is 24.0. The van der Waals surface area contributed by atoms with Crippen molar-refractivity contribution in [1.82, 2.24) is 20.2 Å². The van der Waals surface area contributed by atoms with Gasteiger partial charge in [0.1, 0.15) is 12.6 Å². The summed E-state index contributed by atoms with van der Waals surface area (Å²) in [4.78, 5) is 29.7. The van der Waals surface area contributed by atoms with Crippen LogP contribution in [0, 0.1) is 0 Å². The number of piperazine rings is 1. The number of nitrogens with zero attached hydrogens (tertiary/aromatic N) is 3. The van der Waals surface area contributed by atoms with Crippen LogP contribution in [-0.4, -0.2) is 79.1 Å². The highest BCUT2D eigenvalue weighted by Crippen LogP contribution is 2.17. The largest absolute Gasteiger partial charge is 0.369 e. The summed E-state index contributed by atoms with van der Waals surface area (Å²) in [5.41, 5.74) is 2.94. The average molecular weight is 338 g/mol. The zero-order valence-electron chi connectivity index (χ0n) is 13.2. The van der Waals surface area contributed by atoms with E-state index in [0.29, 0.717) is 6.54 Å². The van der Waals surface area contributed by atoms with Crippen molar-refractivity contribution in [3.05, 3.63) is 22.4 Å². The van der Waals surface area contributed by atoms with Gasteiger partial charge in [-0.3, -0.25) is 15.0 Å². The van der Waals surface area contributed by atoms with E-state index in [1.807, 2.05) is 22.5 Å². The SMILES string of the molecule is CN1CCN(NC(=O)[C@H]2COCC(=O)N2Cc2cccs2)CC1. The van der Waals surface area contributed by atoms with E-state index in [9.17, 15) is 9.59 Å². The summed E-state index contributed by atoms with van der Waals surface area (Å²) in [7, 11) is 2.07. The first-order valence-electron chi connectivity index (χ1n) is 7.77. The highest BCUT2D eigenvalue weighted by atomic mass is 32.1. The summed E-state index contributed by atoms with van der Waals surface area (Å²) in [6.07, 6.45) is 0. The first-order chi connectivity index (χ1) is 11.1. The number of rotatable bonds is 4. The first kappa shape index (κ1) is 16.4. The fourth-order valence-electron chi connectivity index (χ4n) is 2.74. The van der Waals surface area contributed by atoms with E-state index in [0.717, 1.165) is 31.1 Å². The van der Waals surface area contributed by atoms with E-state index in [2.05, 4.69) is 17.4 Å². The standard InChI is InChI=1S/C15H22N4O3S/c1-17-4-6-18(7-5-17)16-15(21)13-10-22-11-14(20)19(13)9-12-3-2-8-23-12/h2-3,8,13H,4-7,9-11H2,1H3,(H,16,21)/t13-/m1/s1. The molecular formula is C15H22N4O3S. The van der Waals surface area contributed by atoms with Crippen LogP contribution in [0.15, 0.2) is 17.5 Å². The van der Waals surface area contributed by atoms with Crippen molar-refractivity contribution in [2.45, 2.75) is 12.6 Å². The second-order valence-electron chi connectivity index (χ2n) is 5.90. The molecular weight excluding hydrogens is 316 g/mol. The van der Waals surface area contributed by atoms with Crippen LogP contribution < -0.4 is 5.43 Å². The maximum absolute atomic E-state index is 12.6. The van der Waals surface area contributed by atoms with Crippen molar-refractivity contribution in [2.75, 3.05) is 46.4 Å². The molecule has 3 rings (SSSR count). The minimum atomic E-state index is -0.571. The Morgan fingerprint density at radius 1 is 1.39 bits per heavy atom. The molecule has 2 saturated heterocycles. The molecule has 0 aromatic carbocycles. The van der Waals surface area contributed by atoms with E-state index >= 15 is 0 Å². The van der Waals surface area contributed by atoms with Crippen molar-refractivity contribution >= 4 is 23.2 Å². The van der Waals surface area contributed by atoms with Gasteiger partial charge in [-0.25, -0.2) is 5.01 Å². The minimum Gasteiger partial charge on any atom is -0.369 e. The molecule has 0 radical (unpaired) electrons. The Kier molecular flexibility index (Phi) is 5.27. The Morgan fingerprint density at radius 2 is 2.17 bits per heavy atom. The lowest BCUT2D eigenvalue weighted by atomic mass is 10.2. The van der Waals surface area contributed by atoms with Crippen molar-refractivity contribution in [3.63, 3.8) is 0 Å². The maximum Gasteiger partial charge on any atom is 0.259 e. The predicted octanol–water partition coefficient (Wildman–Crippen LogP) is -0.246. The Labute approximate surface area is 139 Å². The molecule has 8 heteroatoms. The van der Waals surface area contributed by atoms with Crippen molar-refractivity contribution in [2.24, 2.45) is 0 Å². The number of carbonyl (C=O) groups is 2. The number of carbonyl (C=O) groups excluding carboxylic acids is 2. The molecule has 2 aliphatic heterocycles. The lowest BCUT2D eigenvalue weighted by Crippen LogP contribution is -2.60. The van der Waals surface area contributed by atoms with Crippen LogP contribution in [0.25, 0.3) is 0 Å².